The maximum absolute atomic E-state index is 13.1. The lowest BCUT2D eigenvalue weighted by Crippen LogP contribution is -2.49. The van der Waals surface area contributed by atoms with Crippen molar-refractivity contribution in [3.63, 3.8) is 0 Å². The van der Waals surface area contributed by atoms with Crippen molar-refractivity contribution < 1.29 is 37.4 Å². The van der Waals surface area contributed by atoms with E-state index in [-0.39, 0.29) is 41.6 Å². The molecule has 0 saturated carbocycles. The number of likely N-dealkylation sites (tertiary alicyclic amines) is 1. The van der Waals surface area contributed by atoms with Gasteiger partial charge in [-0.15, -0.1) is 0 Å². The molecule has 1 fully saturated rings. The van der Waals surface area contributed by atoms with Crippen LogP contribution in [0.2, 0.25) is 0 Å². The molecule has 13 nitrogen and oxygen atoms in total. The average Bonchev–Trinajstić information content (AvgIpc) is 3.33. The number of alkyl carbamates (subject to hydrolysis) is 1. The zero-order chi connectivity index (χ0) is 38.6. The number of esters is 1. The van der Waals surface area contributed by atoms with E-state index in [1.54, 1.807) is 87.9 Å². The molecule has 0 aliphatic carbocycles. The van der Waals surface area contributed by atoms with E-state index in [4.69, 9.17) is 14.2 Å². The number of carbonyl (C=O) groups excluding carboxylic acids is 3. The lowest BCUT2D eigenvalue weighted by Gasteiger charge is -2.37. The van der Waals surface area contributed by atoms with Gasteiger partial charge in [-0.3, -0.25) is 19.0 Å². The number of benzene rings is 2. The number of ether oxygens (including phenoxy) is 3. The average molecular weight is 737 g/mol. The molecular formula is C38H46F2N6O7. The van der Waals surface area contributed by atoms with Crippen LogP contribution in [-0.2, 0) is 32.7 Å². The number of alkyl halides is 2. The summed E-state index contributed by atoms with van der Waals surface area (Å²) in [5, 5.41) is 3.01. The molecule has 1 saturated heterocycles. The highest BCUT2D eigenvalue weighted by Gasteiger charge is 2.33. The number of carbonyl (C=O) groups is 3. The number of hydrogen-bond donors (Lipinski definition) is 1. The number of halogens is 2. The Kier molecular flexibility index (Phi) is 11.8. The van der Waals surface area contributed by atoms with Gasteiger partial charge in [0.25, 0.3) is 11.5 Å². The molecular weight excluding hydrogens is 690 g/mol. The number of para-hydroxylation sites is 1. The van der Waals surface area contributed by atoms with Crippen LogP contribution in [0.5, 0.6) is 5.75 Å². The van der Waals surface area contributed by atoms with Gasteiger partial charge >= 0.3 is 18.7 Å². The summed E-state index contributed by atoms with van der Waals surface area (Å²) in [5.41, 5.74) is 1.64. The zero-order valence-corrected chi connectivity index (χ0v) is 31.0. The molecule has 1 N–H and O–H groups in total. The molecule has 5 rings (SSSR count). The summed E-state index contributed by atoms with van der Waals surface area (Å²) in [6.45, 7) is 7.71. The fourth-order valence-corrected chi connectivity index (χ4v) is 6.46. The Labute approximate surface area is 306 Å². The van der Waals surface area contributed by atoms with Crippen molar-refractivity contribution in [3.8, 4) is 16.9 Å². The van der Waals surface area contributed by atoms with Gasteiger partial charge in [-0.1, -0.05) is 38.1 Å². The van der Waals surface area contributed by atoms with Crippen LogP contribution in [0.1, 0.15) is 71.7 Å². The Morgan fingerprint density at radius 2 is 1.74 bits per heavy atom. The number of fused-ring (bicyclic) bond motifs is 1. The molecule has 15 heteroatoms. The molecule has 3 heterocycles. The maximum Gasteiger partial charge on any atom is 0.408 e. The number of hydrogen-bond acceptors (Lipinski definition) is 9. The molecule has 2 aromatic carbocycles. The van der Waals surface area contributed by atoms with Crippen molar-refractivity contribution in [2.24, 2.45) is 13.0 Å². The summed E-state index contributed by atoms with van der Waals surface area (Å²) in [4.78, 5) is 62.2. The second-order valence-electron chi connectivity index (χ2n) is 14.6. The van der Waals surface area contributed by atoms with Gasteiger partial charge in [-0.05, 0) is 70.2 Å². The van der Waals surface area contributed by atoms with E-state index in [0.29, 0.717) is 41.7 Å². The van der Waals surface area contributed by atoms with Gasteiger partial charge in [-0.25, -0.2) is 19.6 Å². The standard InChI is InChI=1S/C38H46F2N6O7/c1-22(2)32(43-37(50)53-38(4,5)6)35(49)51-21-31(47)45-15-14-25(16-23(45)3)33-41-18-27(19-42-33)24-12-13-28-29(17-24)46(44(7)34(28)48)20-26-10-8-9-11-30(26)52-36(39)40/h8-13,17-19,22-23,25,32,36H,14-16,20-21H2,1-7H3,(H,43,50)/t23-,25?,32+/m1/s1. The molecule has 1 aliphatic rings. The van der Waals surface area contributed by atoms with E-state index in [1.165, 1.54) is 10.7 Å². The van der Waals surface area contributed by atoms with Crippen LogP contribution in [0.4, 0.5) is 13.6 Å². The second kappa shape index (κ2) is 16.1. The first-order chi connectivity index (χ1) is 25.0. The van der Waals surface area contributed by atoms with Crippen LogP contribution in [-0.4, -0.2) is 79.6 Å². The number of nitrogens with one attached hydrogen (secondary N) is 1. The van der Waals surface area contributed by atoms with Crippen LogP contribution < -0.4 is 15.6 Å². The van der Waals surface area contributed by atoms with Gasteiger partial charge in [0.15, 0.2) is 6.61 Å². The topological polar surface area (TPSA) is 147 Å². The van der Waals surface area contributed by atoms with Gasteiger partial charge in [0.2, 0.25) is 0 Å². The van der Waals surface area contributed by atoms with Gasteiger partial charge in [0.1, 0.15) is 23.2 Å². The molecule has 1 unspecified atom stereocenters. The molecule has 2 aromatic heterocycles. The van der Waals surface area contributed by atoms with Crippen molar-refractivity contribution in [2.75, 3.05) is 13.2 Å². The minimum Gasteiger partial charge on any atom is -0.454 e. The monoisotopic (exact) mass is 736 g/mol. The Morgan fingerprint density at radius 1 is 1.04 bits per heavy atom. The molecule has 3 atom stereocenters. The summed E-state index contributed by atoms with van der Waals surface area (Å²) in [6.07, 6.45) is 3.91. The summed E-state index contributed by atoms with van der Waals surface area (Å²) in [5.74, 6) is -0.670. The van der Waals surface area contributed by atoms with Gasteiger partial charge in [-0.2, -0.15) is 8.78 Å². The predicted octanol–water partition coefficient (Wildman–Crippen LogP) is 5.63. The maximum atomic E-state index is 13.1. The summed E-state index contributed by atoms with van der Waals surface area (Å²) >= 11 is 0. The zero-order valence-electron chi connectivity index (χ0n) is 31.0. The largest absolute Gasteiger partial charge is 0.454 e. The number of piperidine rings is 1. The molecule has 2 amide bonds. The summed E-state index contributed by atoms with van der Waals surface area (Å²) in [7, 11) is 1.62. The Balaban J connectivity index is 1.22. The van der Waals surface area contributed by atoms with E-state index in [9.17, 15) is 28.0 Å². The molecule has 0 radical (unpaired) electrons. The summed E-state index contributed by atoms with van der Waals surface area (Å²) in [6, 6.07) is 10.7. The molecule has 0 spiro atoms. The van der Waals surface area contributed by atoms with Crippen LogP contribution >= 0.6 is 0 Å². The lowest BCUT2D eigenvalue weighted by molar-refractivity contribution is -0.156. The van der Waals surface area contributed by atoms with E-state index in [1.807, 2.05) is 19.1 Å². The highest BCUT2D eigenvalue weighted by molar-refractivity contribution is 5.86. The number of nitrogens with zero attached hydrogens (tertiary/aromatic N) is 5. The van der Waals surface area contributed by atoms with E-state index in [0.717, 1.165) is 11.1 Å². The van der Waals surface area contributed by atoms with Gasteiger partial charge < -0.3 is 24.4 Å². The second-order valence-corrected chi connectivity index (χ2v) is 14.6. The minimum atomic E-state index is -2.98. The lowest BCUT2D eigenvalue weighted by atomic mass is 9.90. The molecule has 53 heavy (non-hydrogen) atoms. The quantitative estimate of drug-likeness (QED) is 0.194. The normalized spacial score (nSPS) is 16.8. The van der Waals surface area contributed by atoms with Crippen molar-refractivity contribution in [1.82, 2.24) is 29.5 Å². The van der Waals surface area contributed by atoms with Crippen LogP contribution in [0.3, 0.4) is 0 Å². The van der Waals surface area contributed by atoms with Crippen molar-refractivity contribution in [1.29, 1.82) is 0 Å². The fraction of sp³-hybridized carbons (Fsp3) is 0.474. The third kappa shape index (κ3) is 9.37. The van der Waals surface area contributed by atoms with E-state index < -0.39 is 36.9 Å². The van der Waals surface area contributed by atoms with Gasteiger partial charge in [0.05, 0.1) is 17.4 Å². The first-order valence-corrected chi connectivity index (χ1v) is 17.5. The molecule has 1 aliphatic heterocycles. The third-order valence-electron chi connectivity index (χ3n) is 9.17. The van der Waals surface area contributed by atoms with Crippen molar-refractivity contribution in [3.05, 3.63) is 76.6 Å². The van der Waals surface area contributed by atoms with Crippen LogP contribution in [0.25, 0.3) is 22.0 Å². The van der Waals surface area contributed by atoms with E-state index in [2.05, 4.69) is 15.3 Å². The predicted molar refractivity (Wildman–Crippen MR) is 192 cm³/mol. The first-order valence-electron chi connectivity index (χ1n) is 17.5. The molecule has 0 bridgehead atoms. The number of aromatic nitrogens is 4. The van der Waals surface area contributed by atoms with E-state index >= 15 is 0 Å². The Bertz CT molecular complexity index is 2000. The van der Waals surface area contributed by atoms with Crippen molar-refractivity contribution >= 4 is 28.9 Å². The molecule has 284 valence electrons. The third-order valence-corrected chi connectivity index (χ3v) is 9.17. The fourth-order valence-electron chi connectivity index (χ4n) is 6.46. The van der Waals surface area contributed by atoms with Crippen LogP contribution in [0, 0.1) is 5.92 Å². The smallest absolute Gasteiger partial charge is 0.408 e. The first kappa shape index (κ1) is 38.9. The Hall–Kier alpha value is -5.34. The number of amides is 2. The highest BCUT2D eigenvalue weighted by atomic mass is 19.3. The Morgan fingerprint density at radius 3 is 2.38 bits per heavy atom. The van der Waals surface area contributed by atoms with Gasteiger partial charge in [0, 0.05) is 49.1 Å². The van der Waals surface area contributed by atoms with Crippen LogP contribution in [0.15, 0.2) is 59.7 Å². The number of rotatable bonds is 11. The van der Waals surface area contributed by atoms with Crippen molar-refractivity contribution in [2.45, 2.75) is 91.1 Å². The molecule has 4 aromatic rings. The highest BCUT2D eigenvalue weighted by Crippen LogP contribution is 2.31. The summed E-state index contributed by atoms with van der Waals surface area (Å²) < 4.78 is 44.6. The SMILES string of the molecule is CC(C)[C@H](NC(=O)OC(C)(C)C)C(=O)OCC(=O)N1CCC(c2ncc(-c3ccc4c(=O)n(C)n(Cc5ccccc5OC(F)F)c4c3)cn2)C[C@H]1C. The minimum absolute atomic E-state index is 0.00805.